The second kappa shape index (κ2) is 9.64. The first-order valence-electron chi connectivity index (χ1n) is 11.1. The van der Waals surface area contributed by atoms with E-state index in [4.69, 9.17) is 0 Å². The molecule has 1 aromatic carbocycles. The Morgan fingerprint density at radius 3 is 2.79 bits per heavy atom. The second-order valence-corrected chi connectivity index (χ2v) is 9.18. The standard InChI is InChI=1S/C25H33N3S/c1-3-13-26-16-18-7-9-19(10-8-18)22-17-27-24-15-20(11-12-21(22)24)28-23(4-2)25-6-5-14-29-25/h4-6,11-12,14-15,17-19,26-28H,3,7-10,13,16H2,1-2H3/b23-4-. The van der Waals surface area contributed by atoms with Crippen LogP contribution in [0, 0.1) is 5.92 Å². The van der Waals surface area contributed by atoms with E-state index in [-0.39, 0.29) is 0 Å². The van der Waals surface area contributed by atoms with Crippen molar-refractivity contribution in [1.82, 2.24) is 10.3 Å². The predicted octanol–water partition coefficient (Wildman–Crippen LogP) is 6.98. The zero-order valence-corrected chi connectivity index (χ0v) is 18.4. The lowest BCUT2D eigenvalue weighted by molar-refractivity contribution is 0.315. The van der Waals surface area contributed by atoms with Gasteiger partial charge in [-0.05, 0) is 93.1 Å². The Balaban J connectivity index is 1.42. The molecule has 2 heterocycles. The Morgan fingerprint density at radius 1 is 1.21 bits per heavy atom. The molecule has 1 saturated carbocycles. The lowest BCUT2D eigenvalue weighted by Gasteiger charge is -2.28. The Labute approximate surface area is 178 Å². The number of anilines is 1. The van der Waals surface area contributed by atoms with Crippen LogP contribution in [0.4, 0.5) is 5.69 Å². The minimum Gasteiger partial charge on any atom is -0.361 e. The van der Waals surface area contributed by atoms with Gasteiger partial charge in [-0.2, -0.15) is 0 Å². The highest BCUT2D eigenvalue weighted by Crippen LogP contribution is 2.39. The average Bonchev–Trinajstić information content (AvgIpc) is 3.43. The van der Waals surface area contributed by atoms with E-state index < -0.39 is 0 Å². The normalized spacial score (nSPS) is 20.3. The van der Waals surface area contributed by atoms with E-state index in [1.54, 1.807) is 11.3 Å². The molecule has 0 saturated heterocycles. The third-order valence-corrected chi connectivity index (χ3v) is 7.12. The summed E-state index contributed by atoms with van der Waals surface area (Å²) in [5.41, 5.74) is 5.05. The lowest BCUT2D eigenvalue weighted by atomic mass is 9.78. The van der Waals surface area contributed by atoms with E-state index in [2.05, 4.69) is 77.4 Å². The van der Waals surface area contributed by atoms with Crippen molar-refractivity contribution in [2.24, 2.45) is 5.92 Å². The van der Waals surface area contributed by atoms with Crippen molar-refractivity contribution < 1.29 is 0 Å². The topological polar surface area (TPSA) is 39.8 Å². The smallest absolute Gasteiger partial charge is 0.0515 e. The minimum atomic E-state index is 0.696. The molecule has 0 spiro atoms. The van der Waals surface area contributed by atoms with Crippen LogP contribution in [-0.4, -0.2) is 18.1 Å². The number of thiophene rings is 1. The van der Waals surface area contributed by atoms with Crippen LogP contribution in [0.1, 0.15) is 62.3 Å². The molecule has 0 radical (unpaired) electrons. The van der Waals surface area contributed by atoms with Crippen LogP contribution in [-0.2, 0) is 0 Å². The molecule has 1 fully saturated rings. The number of hydrogen-bond acceptors (Lipinski definition) is 3. The number of rotatable bonds is 8. The molecular formula is C25H33N3S. The van der Waals surface area contributed by atoms with Gasteiger partial charge in [-0.3, -0.25) is 0 Å². The first-order valence-corrected chi connectivity index (χ1v) is 12.0. The van der Waals surface area contributed by atoms with Crippen LogP contribution in [0.5, 0.6) is 0 Å². The second-order valence-electron chi connectivity index (χ2n) is 8.23. The summed E-state index contributed by atoms with van der Waals surface area (Å²) in [5, 5.41) is 10.7. The van der Waals surface area contributed by atoms with Gasteiger partial charge in [-0.25, -0.2) is 0 Å². The van der Waals surface area contributed by atoms with Gasteiger partial charge in [0.15, 0.2) is 0 Å². The monoisotopic (exact) mass is 407 g/mol. The van der Waals surface area contributed by atoms with E-state index in [1.165, 1.54) is 65.7 Å². The molecule has 0 aliphatic heterocycles. The summed E-state index contributed by atoms with van der Waals surface area (Å²) in [7, 11) is 0. The fraction of sp³-hybridized carbons (Fsp3) is 0.440. The largest absolute Gasteiger partial charge is 0.361 e. The minimum absolute atomic E-state index is 0.696. The van der Waals surface area contributed by atoms with Gasteiger partial charge in [0.25, 0.3) is 0 Å². The van der Waals surface area contributed by atoms with E-state index in [1.807, 2.05) is 0 Å². The number of aromatic amines is 1. The zero-order valence-electron chi connectivity index (χ0n) is 17.6. The Kier molecular flexibility index (Phi) is 6.73. The molecule has 3 aromatic rings. The lowest BCUT2D eigenvalue weighted by Crippen LogP contribution is -2.26. The molecule has 154 valence electrons. The van der Waals surface area contributed by atoms with Gasteiger partial charge < -0.3 is 15.6 Å². The molecule has 0 amide bonds. The average molecular weight is 408 g/mol. The highest BCUT2D eigenvalue weighted by Gasteiger charge is 2.24. The van der Waals surface area contributed by atoms with Gasteiger partial charge in [-0.15, -0.1) is 11.3 Å². The van der Waals surface area contributed by atoms with Crippen LogP contribution in [0.25, 0.3) is 16.6 Å². The molecule has 1 aliphatic carbocycles. The highest BCUT2D eigenvalue weighted by molar-refractivity contribution is 7.11. The number of nitrogens with one attached hydrogen (secondary N) is 3. The fourth-order valence-electron chi connectivity index (χ4n) is 4.59. The highest BCUT2D eigenvalue weighted by atomic mass is 32.1. The molecule has 4 rings (SSSR count). The Hall–Kier alpha value is -2.04. The molecule has 3 N–H and O–H groups in total. The van der Waals surface area contributed by atoms with E-state index in [9.17, 15) is 0 Å². The van der Waals surface area contributed by atoms with Gasteiger partial charge >= 0.3 is 0 Å². The quantitative estimate of drug-likeness (QED) is 0.353. The molecule has 0 bridgehead atoms. The number of H-pyrrole nitrogens is 1. The Bertz CT molecular complexity index is 930. The first-order chi connectivity index (χ1) is 14.3. The van der Waals surface area contributed by atoms with Gasteiger partial charge in [0, 0.05) is 22.8 Å². The van der Waals surface area contributed by atoms with Crippen molar-refractivity contribution in [3.05, 3.63) is 58.4 Å². The maximum Gasteiger partial charge on any atom is 0.0515 e. The summed E-state index contributed by atoms with van der Waals surface area (Å²) in [5.74, 6) is 1.55. The summed E-state index contributed by atoms with van der Waals surface area (Å²) in [6, 6.07) is 11.0. The zero-order chi connectivity index (χ0) is 20.1. The summed E-state index contributed by atoms with van der Waals surface area (Å²) >= 11 is 1.76. The number of hydrogen-bond donors (Lipinski definition) is 3. The SMILES string of the molecule is C/C=C(\Nc1ccc2c(C3CCC(CNCCC)CC3)c[nH]c2c1)c1cccs1. The molecule has 0 unspecified atom stereocenters. The van der Waals surface area contributed by atoms with Crippen molar-refractivity contribution in [2.45, 2.75) is 51.9 Å². The molecule has 4 heteroatoms. The van der Waals surface area contributed by atoms with E-state index in [0.29, 0.717) is 5.92 Å². The number of allylic oxidation sites excluding steroid dienone is 1. The van der Waals surface area contributed by atoms with Crippen molar-refractivity contribution in [1.29, 1.82) is 0 Å². The third-order valence-electron chi connectivity index (χ3n) is 6.21. The third kappa shape index (κ3) is 4.76. The number of aromatic nitrogens is 1. The molecule has 2 aromatic heterocycles. The summed E-state index contributed by atoms with van der Waals surface area (Å²) < 4.78 is 0. The molecular weight excluding hydrogens is 374 g/mol. The molecule has 3 nitrogen and oxygen atoms in total. The van der Waals surface area contributed by atoms with Gasteiger partial charge in [0.2, 0.25) is 0 Å². The van der Waals surface area contributed by atoms with Gasteiger partial charge in [-0.1, -0.05) is 25.1 Å². The summed E-state index contributed by atoms with van der Waals surface area (Å²) in [6.45, 7) is 6.67. The van der Waals surface area contributed by atoms with Gasteiger partial charge in [0.1, 0.15) is 0 Å². The molecule has 29 heavy (non-hydrogen) atoms. The van der Waals surface area contributed by atoms with Crippen LogP contribution in [0.3, 0.4) is 0 Å². The van der Waals surface area contributed by atoms with E-state index >= 15 is 0 Å². The first kappa shape index (κ1) is 20.2. The van der Waals surface area contributed by atoms with Crippen LogP contribution in [0.15, 0.2) is 48.0 Å². The van der Waals surface area contributed by atoms with Gasteiger partial charge in [0.05, 0.1) is 10.6 Å². The van der Waals surface area contributed by atoms with E-state index in [0.717, 1.165) is 18.2 Å². The van der Waals surface area contributed by atoms with Crippen molar-refractivity contribution in [2.75, 3.05) is 18.4 Å². The Morgan fingerprint density at radius 2 is 2.07 bits per heavy atom. The fourth-order valence-corrected chi connectivity index (χ4v) is 5.34. The predicted molar refractivity (Wildman–Crippen MR) is 128 cm³/mol. The van der Waals surface area contributed by atoms with Crippen molar-refractivity contribution >= 4 is 33.6 Å². The van der Waals surface area contributed by atoms with Crippen molar-refractivity contribution in [3.8, 4) is 0 Å². The maximum atomic E-state index is 3.60. The molecule has 0 atom stereocenters. The van der Waals surface area contributed by atoms with Crippen LogP contribution < -0.4 is 10.6 Å². The number of benzene rings is 1. The summed E-state index contributed by atoms with van der Waals surface area (Å²) in [6.07, 6.45) is 10.9. The maximum absolute atomic E-state index is 3.60. The molecule has 1 aliphatic rings. The van der Waals surface area contributed by atoms with Crippen LogP contribution in [0.2, 0.25) is 0 Å². The van der Waals surface area contributed by atoms with Crippen LogP contribution >= 0.6 is 11.3 Å². The van der Waals surface area contributed by atoms with Crippen molar-refractivity contribution in [3.63, 3.8) is 0 Å². The summed E-state index contributed by atoms with van der Waals surface area (Å²) in [4.78, 5) is 4.80. The number of fused-ring (bicyclic) bond motifs is 1.